The SMILES string of the molecule is CC(C(=O)N1CCC(c2ccccc2)C1)(c1ccccc1)c1ccccc1. The first-order chi connectivity index (χ1) is 13.2. The average molecular weight is 355 g/mol. The van der Waals surface area contributed by atoms with Crippen LogP contribution in [0.3, 0.4) is 0 Å². The number of rotatable bonds is 4. The van der Waals surface area contributed by atoms with Gasteiger partial charge in [-0.05, 0) is 30.0 Å². The molecule has 1 fully saturated rings. The highest BCUT2D eigenvalue weighted by molar-refractivity contribution is 5.92. The number of hydrogen-bond donors (Lipinski definition) is 0. The van der Waals surface area contributed by atoms with E-state index in [4.69, 9.17) is 0 Å². The lowest BCUT2D eigenvalue weighted by molar-refractivity contribution is -0.134. The summed E-state index contributed by atoms with van der Waals surface area (Å²) in [4.78, 5) is 15.8. The summed E-state index contributed by atoms with van der Waals surface area (Å²) in [7, 11) is 0. The molecule has 3 aromatic carbocycles. The molecule has 1 atom stereocenters. The van der Waals surface area contributed by atoms with Gasteiger partial charge in [0, 0.05) is 19.0 Å². The van der Waals surface area contributed by atoms with E-state index >= 15 is 0 Å². The quantitative estimate of drug-likeness (QED) is 0.644. The van der Waals surface area contributed by atoms with Crippen LogP contribution in [-0.2, 0) is 10.2 Å². The van der Waals surface area contributed by atoms with Crippen molar-refractivity contribution < 1.29 is 4.79 Å². The zero-order valence-corrected chi connectivity index (χ0v) is 15.7. The molecule has 0 spiro atoms. The van der Waals surface area contributed by atoms with Crippen LogP contribution >= 0.6 is 0 Å². The Kier molecular flexibility index (Phi) is 4.81. The lowest BCUT2D eigenvalue weighted by atomic mass is 9.75. The van der Waals surface area contributed by atoms with Gasteiger partial charge in [-0.2, -0.15) is 0 Å². The highest BCUT2D eigenvalue weighted by atomic mass is 16.2. The van der Waals surface area contributed by atoms with E-state index < -0.39 is 5.41 Å². The molecule has 2 nitrogen and oxygen atoms in total. The number of hydrogen-bond acceptors (Lipinski definition) is 1. The van der Waals surface area contributed by atoms with Crippen LogP contribution in [0.25, 0.3) is 0 Å². The minimum Gasteiger partial charge on any atom is -0.341 e. The largest absolute Gasteiger partial charge is 0.341 e. The summed E-state index contributed by atoms with van der Waals surface area (Å²) >= 11 is 0. The van der Waals surface area contributed by atoms with Crippen LogP contribution in [0.5, 0.6) is 0 Å². The molecule has 0 aliphatic carbocycles. The van der Waals surface area contributed by atoms with Crippen LogP contribution in [0, 0.1) is 0 Å². The minimum absolute atomic E-state index is 0.193. The fourth-order valence-corrected chi connectivity index (χ4v) is 4.21. The monoisotopic (exact) mass is 355 g/mol. The van der Waals surface area contributed by atoms with Crippen molar-refractivity contribution in [2.75, 3.05) is 13.1 Å². The number of amides is 1. The zero-order chi connectivity index (χ0) is 18.7. The maximum Gasteiger partial charge on any atom is 0.237 e. The van der Waals surface area contributed by atoms with Crippen molar-refractivity contribution in [3.63, 3.8) is 0 Å². The second kappa shape index (κ2) is 7.40. The molecule has 1 aliphatic rings. The fourth-order valence-electron chi connectivity index (χ4n) is 4.21. The van der Waals surface area contributed by atoms with Crippen molar-refractivity contribution in [2.45, 2.75) is 24.7 Å². The van der Waals surface area contributed by atoms with Crippen molar-refractivity contribution in [3.05, 3.63) is 108 Å². The second-order valence-corrected chi connectivity index (χ2v) is 7.50. The molecule has 0 bridgehead atoms. The van der Waals surface area contributed by atoms with Crippen LogP contribution in [0.4, 0.5) is 0 Å². The Hall–Kier alpha value is -2.87. The number of nitrogens with zero attached hydrogens (tertiary/aromatic N) is 1. The molecule has 27 heavy (non-hydrogen) atoms. The van der Waals surface area contributed by atoms with Crippen LogP contribution in [0.2, 0.25) is 0 Å². The van der Waals surface area contributed by atoms with Crippen molar-refractivity contribution >= 4 is 5.91 Å². The smallest absolute Gasteiger partial charge is 0.237 e. The maximum absolute atomic E-state index is 13.8. The predicted molar refractivity (Wildman–Crippen MR) is 110 cm³/mol. The molecule has 0 aromatic heterocycles. The lowest BCUT2D eigenvalue weighted by Gasteiger charge is -2.34. The topological polar surface area (TPSA) is 20.3 Å². The first kappa shape index (κ1) is 17.5. The average Bonchev–Trinajstić information content (AvgIpc) is 3.25. The first-order valence-corrected chi connectivity index (χ1v) is 9.65. The Bertz CT molecular complexity index is 850. The third-order valence-electron chi connectivity index (χ3n) is 5.88. The molecular weight excluding hydrogens is 330 g/mol. The lowest BCUT2D eigenvalue weighted by Crippen LogP contribution is -2.45. The van der Waals surface area contributed by atoms with Gasteiger partial charge in [-0.3, -0.25) is 4.79 Å². The third-order valence-corrected chi connectivity index (χ3v) is 5.88. The van der Waals surface area contributed by atoms with Crippen molar-refractivity contribution in [1.82, 2.24) is 4.90 Å². The van der Waals surface area contributed by atoms with Crippen LogP contribution in [0.1, 0.15) is 36.0 Å². The number of likely N-dealkylation sites (tertiary alicyclic amines) is 1. The molecule has 1 amide bonds. The third kappa shape index (κ3) is 3.28. The van der Waals surface area contributed by atoms with Gasteiger partial charge in [0.2, 0.25) is 5.91 Å². The van der Waals surface area contributed by atoms with E-state index in [0.717, 1.165) is 30.6 Å². The summed E-state index contributed by atoms with van der Waals surface area (Å²) in [5.74, 6) is 0.615. The van der Waals surface area contributed by atoms with Gasteiger partial charge >= 0.3 is 0 Å². The summed E-state index contributed by atoms with van der Waals surface area (Å²) in [5, 5.41) is 0. The normalized spacial score (nSPS) is 17.1. The van der Waals surface area contributed by atoms with Gasteiger partial charge in [-0.15, -0.1) is 0 Å². The van der Waals surface area contributed by atoms with Gasteiger partial charge in [0.05, 0.1) is 5.41 Å². The molecular formula is C25H25NO. The summed E-state index contributed by atoms with van der Waals surface area (Å²) in [6.07, 6.45) is 1.02. The second-order valence-electron chi connectivity index (χ2n) is 7.50. The van der Waals surface area contributed by atoms with Crippen LogP contribution < -0.4 is 0 Å². The summed E-state index contributed by atoms with van der Waals surface area (Å²) in [6.45, 7) is 3.67. The molecule has 1 saturated heterocycles. The Morgan fingerprint density at radius 1 is 0.815 bits per heavy atom. The molecule has 0 saturated carbocycles. The Morgan fingerprint density at radius 2 is 1.30 bits per heavy atom. The van der Waals surface area contributed by atoms with Gasteiger partial charge in [-0.25, -0.2) is 0 Å². The van der Waals surface area contributed by atoms with E-state index in [-0.39, 0.29) is 5.91 Å². The number of carbonyl (C=O) groups excluding carboxylic acids is 1. The van der Waals surface area contributed by atoms with Gasteiger partial charge in [0.15, 0.2) is 0 Å². The summed E-state index contributed by atoms with van der Waals surface area (Å²) in [6, 6.07) is 30.9. The first-order valence-electron chi connectivity index (χ1n) is 9.65. The van der Waals surface area contributed by atoms with Crippen molar-refractivity contribution in [2.24, 2.45) is 0 Å². The molecule has 136 valence electrons. The van der Waals surface area contributed by atoms with E-state index in [9.17, 15) is 4.79 Å². The van der Waals surface area contributed by atoms with Crippen molar-refractivity contribution in [3.8, 4) is 0 Å². The number of carbonyl (C=O) groups is 1. The zero-order valence-electron chi connectivity index (χ0n) is 15.7. The van der Waals surface area contributed by atoms with E-state index in [1.165, 1.54) is 5.56 Å². The van der Waals surface area contributed by atoms with Gasteiger partial charge in [0.25, 0.3) is 0 Å². The molecule has 1 aliphatic heterocycles. The Balaban J connectivity index is 1.66. The molecule has 2 heteroatoms. The standard InChI is InChI=1S/C25H25NO/c1-25(22-13-7-3-8-14-22,23-15-9-4-10-16-23)24(27)26-18-17-21(19-26)20-11-5-2-6-12-20/h2-16,21H,17-19H2,1H3. The molecule has 1 heterocycles. The minimum atomic E-state index is -0.673. The highest BCUT2D eigenvalue weighted by Crippen LogP contribution is 2.37. The summed E-state index contributed by atoms with van der Waals surface area (Å²) in [5.41, 5.74) is 2.75. The van der Waals surface area contributed by atoms with E-state index in [1.807, 2.05) is 42.5 Å². The van der Waals surface area contributed by atoms with Crippen LogP contribution in [0.15, 0.2) is 91.0 Å². The molecule has 0 N–H and O–H groups in total. The van der Waals surface area contributed by atoms with Gasteiger partial charge in [-0.1, -0.05) is 91.0 Å². The van der Waals surface area contributed by atoms with Crippen molar-refractivity contribution in [1.29, 1.82) is 0 Å². The van der Waals surface area contributed by atoms with E-state index in [1.54, 1.807) is 0 Å². The Morgan fingerprint density at radius 3 is 1.81 bits per heavy atom. The van der Waals surface area contributed by atoms with E-state index in [0.29, 0.717) is 5.92 Å². The number of benzene rings is 3. The predicted octanol–water partition coefficient (Wildman–Crippen LogP) is 5.01. The molecule has 3 aromatic rings. The highest BCUT2D eigenvalue weighted by Gasteiger charge is 2.42. The Labute approximate surface area is 161 Å². The van der Waals surface area contributed by atoms with Gasteiger partial charge < -0.3 is 4.90 Å². The fraction of sp³-hybridized carbons (Fsp3) is 0.240. The maximum atomic E-state index is 13.8. The van der Waals surface area contributed by atoms with Gasteiger partial charge in [0.1, 0.15) is 0 Å². The van der Waals surface area contributed by atoms with Crippen LogP contribution in [-0.4, -0.2) is 23.9 Å². The molecule has 0 radical (unpaired) electrons. The molecule has 4 rings (SSSR count). The van der Waals surface area contributed by atoms with E-state index in [2.05, 4.69) is 60.4 Å². The molecule has 1 unspecified atom stereocenters. The summed E-state index contributed by atoms with van der Waals surface area (Å²) < 4.78 is 0.